The van der Waals surface area contributed by atoms with Crippen LogP contribution in [0.3, 0.4) is 0 Å². The van der Waals surface area contributed by atoms with Gasteiger partial charge in [-0.15, -0.1) is 0 Å². The molecule has 2 aromatic rings. The summed E-state index contributed by atoms with van der Waals surface area (Å²) in [7, 11) is -1.92. The summed E-state index contributed by atoms with van der Waals surface area (Å²) in [5.41, 5.74) is 4.98. The Balaban J connectivity index is 1.69. The zero-order valence-electron chi connectivity index (χ0n) is 18.7. The SMILES string of the molecule is CC(C)(C)[Si](C)(C)OC[C@H]1C2c3ccccc3C(c3ccccc32)[C@@]12C=CCC2=O. The van der Waals surface area contributed by atoms with Crippen LogP contribution in [0.25, 0.3) is 0 Å². The lowest BCUT2D eigenvalue weighted by Crippen LogP contribution is -2.54. The summed E-state index contributed by atoms with van der Waals surface area (Å²) in [6.07, 6.45) is 4.90. The van der Waals surface area contributed by atoms with Crippen LogP contribution < -0.4 is 0 Å². The molecule has 0 saturated carbocycles. The van der Waals surface area contributed by atoms with Gasteiger partial charge in [-0.25, -0.2) is 0 Å². The van der Waals surface area contributed by atoms with Crippen molar-refractivity contribution in [1.29, 1.82) is 0 Å². The van der Waals surface area contributed by atoms with Crippen LogP contribution in [0.1, 0.15) is 61.3 Å². The van der Waals surface area contributed by atoms with Crippen LogP contribution in [-0.4, -0.2) is 20.7 Å². The molecule has 1 spiro atoms. The van der Waals surface area contributed by atoms with E-state index in [4.69, 9.17) is 4.43 Å². The predicted molar refractivity (Wildman–Crippen MR) is 124 cm³/mol. The lowest BCUT2D eigenvalue weighted by Gasteiger charge is -2.56. The van der Waals surface area contributed by atoms with Crippen LogP contribution in [0.4, 0.5) is 0 Å². The minimum Gasteiger partial charge on any atom is -0.416 e. The summed E-state index contributed by atoms with van der Waals surface area (Å²) >= 11 is 0. The number of benzene rings is 2. The molecule has 2 nitrogen and oxygen atoms in total. The highest BCUT2D eigenvalue weighted by Gasteiger charge is 2.62. The van der Waals surface area contributed by atoms with Gasteiger partial charge in [-0.05, 0) is 40.4 Å². The van der Waals surface area contributed by atoms with Gasteiger partial charge in [0, 0.05) is 30.8 Å². The maximum Gasteiger partial charge on any atom is 0.191 e. The number of carbonyl (C=O) groups is 1. The Labute approximate surface area is 181 Å². The summed E-state index contributed by atoms with van der Waals surface area (Å²) in [5, 5.41) is 0.152. The van der Waals surface area contributed by atoms with Crippen molar-refractivity contribution >= 4 is 14.1 Å². The Morgan fingerprint density at radius 1 is 0.967 bits per heavy atom. The van der Waals surface area contributed by atoms with Gasteiger partial charge >= 0.3 is 0 Å². The molecule has 2 aromatic carbocycles. The summed E-state index contributed by atoms with van der Waals surface area (Å²) in [6, 6.07) is 17.6. The normalized spacial score (nSPS) is 29.4. The van der Waals surface area contributed by atoms with Gasteiger partial charge in [0.2, 0.25) is 0 Å². The molecule has 30 heavy (non-hydrogen) atoms. The van der Waals surface area contributed by atoms with E-state index in [9.17, 15) is 4.79 Å². The second-order valence-corrected chi connectivity index (χ2v) is 15.6. The average molecular weight is 417 g/mol. The largest absolute Gasteiger partial charge is 0.416 e. The van der Waals surface area contributed by atoms with Crippen molar-refractivity contribution in [1.82, 2.24) is 0 Å². The Morgan fingerprint density at radius 3 is 1.97 bits per heavy atom. The minimum absolute atomic E-state index is 0.0918. The predicted octanol–water partition coefficient (Wildman–Crippen LogP) is 6.43. The Hall–Kier alpha value is -1.97. The third kappa shape index (κ3) is 2.55. The fourth-order valence-corrected chi connectivity index (χ4v) is 6.88. The van der Waals surface area contributed by atoms with E-state index in [1.807, 2.05) is 0 Å². The van der Waals surface area contributed by atoms with E-state index in [1.54, 1.807) is 0 Å². The number of hydrogen-bond donors (Lipinski definition) is 0. The zero-order valence-corrected chi connectivity index (χ0v) is 19.7. The zero-order chi connectivity index (χ0) is 21.3. The molecule has 3 heteroatoms. The second-order valence-electron chi connectivity index (χ2n) is 10.8. The van der Waals surface area contributed by atoms with Gasteiger partial charge in [0.1, 0.15) is 5.78 Å². The molecular weight excluding hydrogens is 384 g/mol. The second kappa shape index (κ2) is 6.51. The smallest absolute Gasteiger partial charge is 0.191 e. The molecule has 0 aliphatic heterocycles. The van der Waals surface area contributed by atoms with Gasteiger partial charge in [0.05, 0.1) is 5.41 Å². The molecule has 0 saturated heterocycles. The lowest BCUT2D eigenvalue weighted by molar-refractivity contribution is -0.130. The van der Waals surface area contributed by atoms with Gasteiger partial charge < -0.3 is 4.43 Å². The van der Waals surface area contributed by atoms with E-state index < -0.39 is 13.7 Å². The van der Waals surface area contributed by atoms with Crippen LogP contribution in [0, 0.1) is 11.3 Å². The first kappa shape index (κ1) is 20.0. The highest BCUT2D eigenvalue weighted by atomic mass is 28.4. The van der Waals surface area contributed by atoms with Crippen molar-refractivity contribution < 1.29 is 9.22 Å². The first-order chi connectivity index (χ1) is 14.2. The van der Waals surface area contributed by atoms with Crippen LogP contribution >= 0.6 is 0 Å². The Morgan fingerprint density at radius 2 is 1.50 bits per heavy atom. The maximum absolute atomic E-state index is 13.6. The highest BCUT2D eigenvalue weighted by molar-refractivity contribution is 6.74. The Bertz CT molecular complexity index is 997. The molecule has 2 atom stereocenters. The first-order valence-corrected chi connectivity index (χ1v) is 14.1. The highest BCUT2D eigenvalue weighted by Crippen LogP contribution is 2.66. The number of ketones is 1. The van der Waals surface area contributed by atoms with E-state index >= 15 is 0 Å². The van der Waals surface area contributed by atoms with E-state index in [2.05, 4.69) is 94.5 Å². The third-order valence-corrected chi connectivity index (χ3v) is 12.9. The summed E-state index contributed by atoms with van der Waals surface area (Å²) in [6.45, 7) is 12.1. The monoisotopic (exact) mass is 416 g/mol. The Kier molecular flexibility index (Phi) is 4.33. The van der Waals surface area contributed by atoms with E-state index in [1.165, 1.54) is 22.3 Å². The topological polar surface area (TPSA) is 26.3 Å². The van der Waals surface area contributed by atoms with Crippen molar-refractivity contribution in [3.05, 3.63) is 82.9 Å². The molecule has 156 valence electrons. The van der Waals surface area contributed by atoms with E-state index in [-0.39, 0.29) is 22.8 Å². The van der Waals surface area contributed by atoms with Crippen LogP contribution in [0.15, 0.2) is 60.7 Å². The molecule has 0 amide bonds. The van der Waals surface area contributed by atoms with Crippen molar-refractivity contribution in [2.45, 2.75) is 57.2 Å². The molecule has 0 fully saturated rings. The van der Waals surface area contributed by atoms with Crippen molar-refractivity contribution in [3.8, 4) is 0 Å². The van der Waals surface area contributed by atoms with Crippen LogP contribution in [0.5, 0.6) is 0 Å². The first-order valence-electron chi connectivity index (χ1n) is 11.2. The van der Waals surface area contributed by atoms with Gasteiger partial charge in [-0.3, -0.25) is 4.79 Å². The molecule has 0 unspecified atom stereocenters. The maximum atomic E-state index is 13.6. The minimum atomic E-state index is -1.92. The molecule has 6 rings (SSSR count). The van der Waals surface area contributed by atoms with Gasteiger partial charge in [0.25, 0.3) is 0 Å². The molecule has 4 aliphatic rings. The standard InChI is InChI=1S/C27H32O2Si/c1-26(2,3)30(4,5)29-17-22-24-18-11-6-8-13-20(18)25(21-14-9-7-12-19(21)24)27(22)16-10-15-23(27)28/h6-14,16,22,24-25H,15,17H2,1-5H3/t22-,24?,25?,27-/m0/s1. The summed E-state index contributed by atoms with van der Waals surface area (Å²) in [5.74, 6) is 0.811. The summed E-state index contributed by atoms with van der Waals surface area (Å²) < 4.78 is 6.80. The van der Waals surface area contributed by atoms with Gasteiger partial charge in [-0.2, -0.15) is 0 Å². The quantitative estimate of drug-likeness (QED) is 0.426. The molecule has 0 radical (unpaired) electrons. The molecule has 4 aliphatic carbocycles. The van der Waals surface area contributed by atoms with E-state index in [0.717, 1.165) is 0 Å². The number of Topliss-reactive ketones (excluding diaryl/α,β-unsaturated/α-hetero) is 1. The summed E-state index contributed by atoms with van der Waals surface area (Å²) in [4.78, 5) is 13.6. The molecule has 0 heterocycles. The molecular formula is C27H32O2Si. The average Bonchev–Trinajstić information content (AvgIpc) is 3.07. The van der Waals surface area contributed by atoms with Crippen LogP contribution in [0.2, 0.25) is 18.1 Å². The lowest BCUT2D eigenvalue weighted by atomic mass is 9.47. The van der Waals surface area contributed by atoms with Gasteiger partial charge in [-0.1, -0.05) is 81.5 Å². The fraction of sp³-hybridized carbons (Fsp3) is 0.444. The van der Waals surface area contributed by atoms with Crippen molar-refractivity contribution in [3.63, 3.8) is 0 Å². The number of carbonyl (C=O) groups excluding carboxylic acids is 1. The van der Waals surface area contributed by atoms with Crippen LogP contribution in [-0.2, 0) is 9.22 Å². The third-order valence-electron chi connectivity index (χ3n) is 8.39. The molecule has 2 bridgehead atoms. The van der Waals surface area contributed by atoms with Crippen molar-refractivity contribution in [2.75, 3.05) is 6.61 Å². The van der Waals surface area contributed by atoms with Gasteiger partial charge in [0.15, 0.2) is 8.32 Å². The van der Waals surface area contributed by atoms with Crippen molar-refractivity contribution in [2.24, 2.45) is 11.3 Å². The number of allylic oxidation sites excluding steroid dienone is 2. The van der Waals surface area contributed by atoms with E-state index in [0.29, 0.717) is 18.8 Å². The fourth-order valence-electron chi connectivity index (χ4n) is 5.85. The molecule has 0 aromatic heterocycles. The number of hydrogen-bond acceptors (Lipinski definition) is 2. The molecule has 0 N–H and O–H groups in total. The number of rotatable bonds is 3.